The molecule has 1 saturated carbocycles. The van der Waals surface area contributed by atoms with E-state index in [4.69, 9.17) is 4.74 Å². The fourth-order valence-electron chi connectivity index (χ4n) is 2.86. The second kappa shape index (κ2) is 2.73. The molecule has 0 spiro atoms. The van der Waals surface area contributed by atoms with Crippen LogP contribution in [0.1, 0.15) is 53.4 Å². The Morgan fingerprint density at radius 2 is 1.79 bits per heavy atom. The molecule has 1 aliphatic carbocycles. The summed E-state index contributed by atoms with van der Waals surface area (Å²) in [6, 6.07) is 0. The van der Waals surface area contributed by atoms with Crippen molar-refractivity contribution in [3.05, 3.63) is 0 Å². The summed E-state index contributed by atoms with van der Waals surface area (Å²) in [5.74, 6) is 0.747. The van der Waals surface area contributed by atoms with Crippen molar-refractivity contribution in [3.63, 3.8) is 0 Å². The lowest BCUT2D eigenvalue weighted by atomic mass is 9.78. The topological polar surface area (TPSA) is 29.5 Å². The molecule has 2 fully saturated rings. The molecule has 0 bridgehead atoms. The highest BCUT2D eigenvalue weighted by atomic mass is 16.5. The van der Waals surface area contributed by atoms with Gasteiger partial charge in [0, 0.05) is 6.42 Å². The van der Waals surface area contributed by atoms with Crippen molar-refractivity contribution in [3.8, 4) is 0 Å². The normalized spacial score (nSPS) is 40.1. The van der Waals surface area contributed by atoms with Crippen LogP contribution in [0.5, 0.6) is 0 Å². The molecule has 14 heavy (non-hydrogen) atoms. The summed E-state index contributed by atoms with van der Waals surface area (Å²) in [6.07, 6.45) is 4.27. The molecule has 0 aromatic heterocycles. The zero-order valence-electron chi connectivity index (χ0n) is 9.76. The number of hydrogen-bond donors (Lipinski definition) is 1. The zero-order valence-corrected chi connectivity index (χ0v) is 9.76. The van der Waals surface area contributed by atoms with Crippen molar-refractivity contribution in [2.75, 3.05) is 0 Å². The predicted molar refractivity (Wildman–Crippen MR) is 56.2 cm³/mol. The van der Waals surface area contributed by atoms with E-state index in [9.17, 15) is 5.11 Å². The van der Waals surface area contributed by atoms with Crippen LogP contribution in [0.3, 0.4) is 0 Å². The summed E-state index contributed by atoms with van der Waals surface area (Å²) in [7, 11) is 0. The van der Waals surface area contributed by atoms with E-state index in [1.165, 1.54) is 12.8 Å². The average Bonchev–Trinajstić information content (AvgIpc) is 2.62. The summed E-state index contributed by atoms with van der Waals surface area (Å²) in [6.45, 7) is 8.17. The van der Waals surface area contributed by atoms with Crippen LogP contribution in [0.2, 0.25) is 0 Å². The number of hydrogen-bond acceptors (Lipinski definition) is 2. The van der Waals surface area contributed by atoms with Crippen LogP contribution in [-0.4, -0.2) is 21.9 Å². The van der Waals surface area contributed by atoms with Gasteiger partial charge in [-0.05, 0) is 40.0 Å². The molecule has 2 rings (SSSR count). The van der Waals surface area contributed by atoms with Gasteiger partial charge in [0.2, 0.25) is 0 Å². The quantitative estimate of drug-likeness (QED) is 0.738. The third-order valence-corrected chi connectivity index (χ3v) is 3.69. The molecular weight excluding hydrogens is 176 g/mol. The van der Waals surface area contributed by atoms with Crippen LogP contribution < -0.4 is 0 Å². The zero-order chi connectivity index (χ0) is 10.6. The van der Waals surface area contributed by atoms with Gasteiger partial charge in [0.1, 0.15) is 0 Å². The molecule has 0 aromatic carbocycles. The molecule has 2 heteroatoms. The first-order chi connectivity index (χ1) is 6.24. The molecule has 0 aromatic rings. The van der Waals surface area contributed by atoms with Gasteiger partial charge in [-0.15, -0.1) is 0 Å². The van der Waals surface area contributed by atoms with E-state index < -0.39 is 5.60 Å². The smallest absolute Gasteiger partial charge is 0.0960 e. The van der Waals surface area contributed by atoms with Gasteiger partial charge in [0.05, 0.1) is 16.8 Å². The van der Waals surface area contributed by atoms with Gasteiger partial charge in [-0.2, -0.15) is 0 Å². The fraction of sp³-hybridized carbons (Fsp3) is 1.00. The minimum absolute atomic E-state index is 0.173. The predicted octanol–water partition coefficient (Wildman–Crippen LogP) is 2.50. The van der Waals surface area contributed by atoms with Crippen molar-refractivity contribution in [2.24, 2.45) is 5.92 Å². The van der Waals surface area contributed by atoms with Crippen LogP contribution in [0.4, 0.5) is 0 Å². The Labute approximate surface area is 86.6 Å². The number of ether oxygens (including phenoxy) is 1. The van der Waals surface area contributed by atoms with Crippen LogP contribution in [-0.2, 0) is 4.74 Å². The maximum atomic E-state index is 10.6. The van der Waals surface area contributed by atoms with Gasteiger partial charge in [-0.25, -0.2) is 0 Å². The maximum absolute atomic E-state index is 10.6. The largest absolute Gasteiger partial charge is 0.387 e. The Morgan fingerprint density at radius 1 is 1.21 bits per heavy atom. The maximum Gasteiger partial charge on any atom is 0.0960 e. The van der Waals surface area contributed by atoms with Gasteiger partial charge in [0.25, 0.3) is 0 Å². The summed E-state index contributed by atoms with van der Waals surface area (Å²) in [5, 5.41) is 10.6. The van der Waals surface area contributed by atoms with Crippen molar-refractivity contribution >= 4 is 0 Å². The Kier molecular flexibility index (Phi) is 2.04. The summed E-state index contributed by atoms with van der Waals surface area (Å²) < 4.78 is 5.93. The number of rotatable bonds is 2. The lowest BCUT2D eigenvalue weighted by Gasteiger charge is -2.35. The van der Waals surface area contributed by atoms with E-state index in [0.29, 0.717) is 0 Å². The highest BCUT2D eigenvalue weighted by Crippen LogP contribution is 2.51. The third kappa shape index (κ3) is 1.70. The molecule has 1 aliphatic heterocycles. The lowest BCUT2D eigenvalue weighted by molar-refractivity contribution is -0.130. The minimum Gasteiger partial charge on any atom is -0.387 e. The Bertz CT molecular complexity index is 241. The molecule has 1 unspecified atom stereocenters. The molecule has 2 aliphatic rings. The van der Waals surface area contributed by atoms with E-state index in [1.54, 1.807) is 0 Å². The van der Waals surface area contributed by atoms with Gasteiger partial charge in [0.15, 0.2) is 0 Å². The van der Waals surface area contributed by atoms with Crippen LogP contribution in [0.25, 0.3) is 0 Å². The van der Waals surface area contributed by atoms with E-state index in [-0.39, 0.29) is 11.2 Å². The molecule has 0 amide bonds. The Morgan fingerprint density at radius 3 is 2.14 bits per heavy atom. The standard InChI is InChI=1S/C12H22O2/c1-10(2)8-12(13,7-9-5-6-9)11(3,4)14-10/h9,13H,5-8H2,1-4H3. The third-order valence-electron chi connectivity index (χ3n) is 3.69. The molecule has 1 atom stereocenters. The van der Waals surface area contributed by atoms with Crippen molar-refractivity contribution in [2.45, 2.75) is 70.2 Å². The van der Waals surface area contributed by atoms with E-state index in [1.807, 2.05) is 13.8 Å². The summed E-state index contributed by atoms with van der Waals surface area (Å²) in [4.78, 5) is 0. The molecule has 1 N–H and O–H groups in total. The second-order valence-electron chi connectivity index (χ2n) is 6.23. The summed E-state index contributed by atoms with van der Waals surface area (Å²) >= 11 is 0. The van der Waals surface area contributed by atoms with Crippen LogP contribution in [0.15, 0.2) is 0 Å². The molecule has 2 nitrogen and oxygen atoms in total. The Hall–Kier alpha value is -0.0800. The molecule has 1 saturated heterocycles. The van der Waals surface area contributed by atoms with E-state index >= 15 is 0 Å². The number of aliphatic hydroxyl groups is 1. The highest BCUT2D eigenvalue weighted by molar-refractivity contribution is 5.07. The highest BCUT2D eigenvalue weighted by Gasteiger charge is 2.57. The minimum atomic E-state index is -0.613. The van der Waals surface area contributed by atoms with Crippen LogP contribution in [0, 0.1) is 5.92 Å². The van der Waals surface area contributed by atoms with E-state index in [2.05, 4.69) is 13.8 Å². The fourth-order valence-corrected chi connectivity index (χ4v) is 2.86. The lowest BCUT2D eigenvalue weighted by Crippen LogP contribution is -2.46. The van der Waals surface area contributed by atoms with Crippen molar-refractivity contribution in [1.82, 2.24) is 0 Å². The monoisotopic (exact) mass is 198 g/mol. The first-order valence-corrected chi connectivity index (χ1v) is 5.67. The molecule has 0 radical (unpaired) electrons. The van der Waals surface area contributed by atoms with Crippen molar-refractivity contribution in [1.29, 1.82) is 0 Å². The van der Waals surface area contributed by atoms with Gasteiger partial charge in [-0.1, -0.05) is 12.8 Å². The van der Waals surface area contributed by atoms with Crippen molar-refractivity contribution < 1.29 is 9.84 Å². The van der Waals surface area contributed by atoms with Gasteiger partial charge < -0.3 is 9.84 Å². The summed E-state index contributed by atoms with van der Waals surface area (Å²) in [5.41, 5.74) is -1.18. The average molecular weight is 198 g/mol. The first kappa shape index (κ1) is 10.4. The molecular formula is C12H22O2. The second-order valence-corrected chi connectivity index (χ2v) is 6.23. The Balaban J connectivity index is 2.15. The molecule has 82 valence electrons. The van der Waals surface area contributed by atoms with E-state index in [0.717, 1.165) is 18.8 Å². The van der Waals surface area contributed by atoms with Gasteiger partial charge in [-0.3, -0.25) is 0 Å². The first-order valence-electron chi connectivity index (χ1n) is 5.67. The SMILES string of the molecule is CC1(C)CC(O)(CC2CC2)C(C)(C)O1. The van der Waals surface area contributed by atoms with Crippen LogP contribution >= 0.6 is 0 Å². The molecule has 1 heterocycles. The van der Waals surface area contributed by atoms with Gasteiger partial charge >= 0.3 is 0 Å².